The normalized spacial score (nSPS) is 15.8. The SMILES string of the molecule is C/C(=C\c1ccc(Cl)cc1)c1c(C)c(C(=O)NC(C)C2CCCCC2)nn1-c1ccc(Cl)cc1Cl. The first-order valence-corrected chi connectivity index (χ1v) is 13.2. The van der Waals surface area contributed by atoms with Crippen LogP contribution in [0.5, 0.6) is 0 Å². The molecule has 4 nitrogen and oxygen atoms in total. The van der Waals surface area contributed by atoms with Gasteiger partial charge in [0.2, 0.25) is 0 Å². The molecule has 1 fully saturated rings. The second kappa shape index (κ2) is 11.2. The van der Waals surface area contributed by atoms with Crippen molar-refractivity contribution in [3.8, 4) is 5.69 Å². The molecule has 0 bridgehead atoms. The summed E-state index contributed by atoms with van der Waals surface area (Å²) in [4.78, 5) is 13.4. The first-order chi connectivity index (χ1) is 16.7. The first kappa shape index (κ1) is 25.8. The van der Waals surface area contributed by atoms with Gasteiger partial charge >= 0.3 is 0 Å². The van der Waals surface area contributed by atoms with E-state index in [2.05, 4.69) is 12.2 Å². The summed E-state index contributed by atoms with van der Waals surface area (Å²) in [5.74, 6) is 0.344. The number of benzene rings is 2. The Balaban J connectivity index is 1.75. The number of nitrogens with one attached hydrogen (secondary N) is 1. The number of hydrogen-bond acceptors (Lipinski definition) is 2. The maximum Gasteiger partial charge on any atom is 0.272 e. The lowest BCUT2D eigenvalue weighted by atomic mass is 9.84. The van der Waals surface area contributed by atoms with Crippen molar-refractivity contribution in [1.29, 1.82) is 0 Å². The van der Waals surface area contributed by atoms with E-state index in [0.717, 1.165) is 35.2 Å². The summed E-state index contributed by atoms with van der Waals surface area (Å²) < 4.78 is 1.75. The smallest absolute Gasteiger partial charge is 0.272 e. The van der Waals surface area contributed by atoms with E-state index in [1.807, 2.05) is 50.3 Å². The number of halogens is 3. The van der Waals surface area contributed by atoms with Gasteiger partial charge in [-0.1, -0.05) is 66.2 Å². The van der Waals surface area contributed by atoms with Gasteiger partial charge in [-0.2, -0.15) is 5.10 Å². The highest BCUT2D eigenvalue weighted by atomic mass is 35.5. The van der Waals surface area contributed by atoms with Crippen LogP contribution < -0.4 is 5.32 Å². The maximum absolute atomic E-state index is 13.4. The molecule has 1 saturated carbocycles. The minimum absolute atomic E-state index is 0.0978. The predicted molar refractivity (Wildman–Crippen MR) is 147 cm³/mol. The monoisotopic (exact) mass is 529 g/mol. The molecule has 1 aromatic heterocycles. The molecular formula is C28H30Cl3N3O. The van der Waals surface area contributed by atoms with E-state index in [4.69, 9.17) is 39.9 Å². The minimum Gasteiger partial charge on any atom is -0.348 e. The van der Waals surface area contributed by atoms with E-state index < -0.39 is 0 Å². The zero-order valence-corrected chi connectivity index (χ0v) is 22.5. The highest BCUT2D eigenvalue weighted by Crippen LogP contribution is 2.32. The summed E-state index contributed by atoms with van der Waals surface area (Å²) in [5, 5.41) is 9.66. The Morgan fingerprint density at radius 2 is 1.71 bits per heavy atom. The minimum atomic E-state index is -0.162. The molecular weight excluding hydrogens is 501 g/mol. The van der Waals surface area contributed by atoms with E-state index in [9.17, 15) is 4.79 Å². The van der Waals surface area contributed by atoms with Gasteiger partial charge in [0, 0.05) is 21.7 Å². The molecule has 2 aromatic carbocycles. The predicted octanol–water partition coefficient (Wildman–Crippen LogP) is 8.40. The third-order valence-electron chi connectivity index (χ3n) is 6.82. The van der Waals surface area contributed by atoms with Crippen molar-refractivity contribution in [3.05, 3.63) is 80.0 Å². The molecule has 1 amide bonds. The van der Waals surface area contributed by atoms with Crippen LogP contribution in [0.3, 0.4) is 0 Å². The average Bonchev–Trinajstić information content (AvgIpc) is 3.18. The third kappa shape index (κ3) is 5.94. The fourth-order valence-electron chi connectivity index (χ4n) is 4.91. The van der Waals surface area contributed by atoms with E-state index >= 15 is 0 Å². The molecule has 1 unspecified atom stereocenters. The Labute approximate surface area is 222 Å². The Morgan fingerprint density at radius 1 is 1.06 bits per heavy atom. The molecule has 0 radical (unpaired) electrons. The molecule has 0 saturated heterocycles. The summed E-state index contributed by atoms with van der Waals surface area (Å²) in [6.07, 6.45) is 8.10. The Bertz CT molecular complexity index is 1240. The summed E-state index contributed by atoms with van der Waals surface area (Å²) >= 11 is 18.8. The average molecular weight is 531 g/mol. The van der Waals surface area contributed by atoms with Gasteiger partial charge in [0.1, 0.15) is 0 Å². The molecule has 0 spiro atoms. The van der Waals surface area contributed by atoms with Gasteiger partial charge < -0.3 is 5.32 Å². The van der Waals surface area contributed by atoms with Crippen molar-refractivity contribution >= 4 is 52.4 Å². The van der Waals surface area contributed by atoms with Crippen LogP contribution in [0.4, 0.5) is 0 Å². The van der Waals surface area contributed by atoms with Crippen LogP contribution >= 0.6 is 34.8 Å². The van der Waals surface area contributed by atoms with Crippen molar-refractivity contribution in [1.82, 2.24) is 15.1 Å². The van der Waals surface area contributed by atoms with Crippen LogP contribution in [0, 0.1) is 12.8 Å². The first-order valence-electron chi connectivity index (χ1n) is 12.0. The van der Waals surface area contributed by atoms with Crippen molar-refractivity contribution in [3.63, 3.8) is 0 Å². The zero-order valence-electron chi connectivity index (χ0n) is 20.2. The van der Waals surface area contributed by atoms with Crippen molar-refractivity contribution in [2.75, 3.05) is 0 Å². The van der Waals surface area contributed by atoms with E-state index in [1.165, 1.54) is 19.3 Å². The van der Waals surface area contributed by atoms with Gasteiger partial charge in [0.15, 0.2) is 5.69 Å². The summed E-state index contributed by atoms with van der Waals surface area (Å²) in [6, 6.07) is 13.0. The molecule has 7 heteroatoms. The quantitative estimate of drug-likeness (QED) is 0.348. The Hall–Kier alpha value is -2.27. The fourth-order valence-corrected chi connectivity index (χ4v) is 5.52. The molecule has 35 heavy (non-hydrogen) atoms. The molecule has 1 atom stereocenters. The van der Waals surface area contributed by atoms with Gasteiger partial charge in [0.25, 0.3) is 5.91 Å². The van der Waals surface area contributed by atoms with Crippen LogP contribution in [0.15, 0.2) is 42.5 Å². The van der Waals surface area contributed by atoms with E-state index in [1.54, 1.807) is 16.8 Å². The van der Waals surface area contributed by atoms with E-state index in [-0.39, 0.29) is 11.9 Å². The lowest BCUT2D eigenvalue weighted by Gasteiger charge is -2.28. The standard InChI is InChI=1S/C28H30Cl3N3O/c1-17(15-20-9-11-22(29)12-10-20)27-18(2)26(28(35)32-19(3)21-7-5-4-6-8-21)33-34(27)25-14-13-23(30)16-24(25)31/h9-16,19,21H,4-8H2,1-3H3,(H,32,35)/b17-15+. The van der Waals surface area contributed by atoms with E-state index in [0.29, 0.717) is 32.4 Å². The number of carbonyl (C=O) groups excluding carboxylic acids is 1. The van der Waals surface area contributed by atoms with Crippen LogP contribution in [0.25, 0.3) is 17.3 Å². The Morgan fingerprint density at radius 3 is 2.37 bits per heavy atom. The maximum atomic E-state index is 13.4. The van der Waals surface area contributed by atoms with Gasteiger partial charge in [-0.25, -0.2) is 4.68 Å². The molecule has 1 aliphatic carbocycles. The van der Waals surface area contributed by atoms with Gasteiger partial charge in [0.05, 0.1) is 16.4 Å². The second-order valence-electron chi connectivity index (χ2n) is 9.37. The molecule has 184 valence electrons. The number of amides is 1. The highest BCUT2D eigenvalue weighted by Gasteiger charge is 2.26. The molecule has 1 heterocycles. The largest absolute Gasteiger partial charge is 0.348 e. The summed E-state index contributed by atoms with van der Waals surface area (Å²) in [5.41, 5.74) is 4.63. The molecule has 1 N–H and O–H groups in total. The van der Waals surface area contributed by atoms with Crippen molar-refractivity contribution in [2.45, 2.75) is 58.9 Å². The van der Waals surface area contributed by atoms with Crippen molar-refractivity contribution < 1.29 is 4.79 Å². The number of nitrogens with zero attached hydrogens (tertiary/aromatic N) is 2. The third-order valence-corrected chi connectivity index (χ3v) is 7.61. The second-order valence-corrected chi connectivity index (χ2v) is 10.6. The van der Waals surface area contributed by atoms with Crippen LogP contribution in [-0.2, 0) is 0 Å². The van der Waals surface area contributed by atoms with Crippen LogP contribution in [-0.4, -0.2) is 21.7 Å². The lowest BCUT2D eigenvalue weighted by molar-refractivity contribution is 0.0913. The summed E-state index contributed by atoms with van der Waals surface area (Å²) in [6.45, 7) is 6.04. The molecule has 0 aliphatic heterocycles. The van der Waals surface area contributed by atoms with Crippen LogP contribution in [0.2, 0.25) is 15.1 Å². The topological polar surface area (TPSA) is 46.9 Å². The van der Waals surface area contributed by atoms with Crippen LogP contribution in [0.1, 0.15) is 73.3 Å². The summed E-state index contributed by atoms with van der Waals surface area (Å²) in [7, 11) is 0. The van der Waals surface area contributed by atoms with Crippen molar-refractivity contribution in [2.24, 2.45) is 5.92 Å². The molecule has 1 aliphatic rings. The lowest BCUT2D eigenvalue weighted by Crippen LogP contribution is -2.39. The molecule has 3 aromatic rings. The number of carbonyl (C=O) groups is 1. The molecule has 4 rings (SSSR count). The van der Waals surface area contributed by atoms with Gasteiger partial charge in [-0.05, 0) is 87.1 Å². The fraction of sp³-hybridized carbons (Fsp3) is 0.357. The van der Waals surface area contributed by atoms with Gasteiger partial charge in [-0.3, -0.25) is 4.79 Å². The zero-order chi connectivity index (χ0) is 25.1. The van der Waals surface area contributed by atoms with Gasteiger partial charge in [-0.15, -0.1) is 0 Å². The number of rotatable bonds is 6. The number of allylic oxidation sites excluding steroid dienone is 1. The number of aromatic nitrogens is 2. The Kier molecular flexibility index (Phi) is 8.26. The highest BCUT2D eigenvalue weighted by molar-refractivity contribution is 6.35. The number of hydrogen-bond donors (Lipinski definition) is 1.